The maximum atomic E-state index is 13.8. The zero-order chi connectivity index (χ0) is 23.1. The fourth-order valence-electron chi connectivity index (χ4n) is 4.05. The zero-order valence-corrected chi connectivity index (χ0v) is 18.3. The Morgan fingerprint density at radius 3 is 2.82 bits per heavy atom. The minimum atomic E-state index is -0.512. The molecule has 1 saturated heterocycles. The van der Waals surface area contributed by atoms with Crippen molar-refractivity contribution in [3.05, 3.63) is 81.1 Å². The van der Waals surface area contributed by atoms with E-state index in [1.807, 2.05) is 37.3 Å². The summed E-state index contributed by atoms with van der Waals surface area (Å²) in [5.41, 5.74) is 7.75. The summed E-state index contributed by atoms with van der Waals surface area (Å²) >= 11 is 6.40. The molecule has 0 amide bonds. The quantitative estimate of drug-likeness (QED) is 0.494. The topological polar surface area (TPSA) is 123 Å². The van der Waals surface area contributed by atoms with Crippen molar-refractivity contribution in [3.63, 3.8) is 0 Å². The van der Waals surface area contributed by atoms with E-state index < -0.39 is 6.04 Å². The second-order valence-electron chi connectivity index (χ2n) is 7.56. The summed E-state index contributed by atoms with van der Waals surface area (Å²) < 4.78 is 1.56. The summed E-state index contributed by atoms with van der Waals surface area (Å²) in [5.74, 6) is 0.721. The summed E-state index contributed by atoms with van der Waals surface area (Å²) in [6.07, 6.45) is 1.78. The summed E-state index contributed by atoms with van der Waals surface area (Å²) in [4.78, 5) is 32.6. The molecule has 9 nitrogen and oxygen atoms in total. The number of para-hydroxylation sites is 1. The molecule has 2 aromatic carbocycles. The highest BCUT2D eigenvalue weighted by Gasteiger charge is 2.35. The van der Waals surface area contributed by atoms with Crippen molar-refractivity contribution in [2.24, 2.45) is 0 Å². The molecule has 5 rings (SSSR count). The van der Waals surface area contributed by atoms with Gasteiger partial charge in [-0.15, -0.1) is 0 Å². The number of hydroxylamine groups is 1. The zero-order valence-electron chi connectivity index (χ0n) is 17.6. The highest BCUT2D eigenvalue weighted by atomic mass is 35.5. The van der Waals surface area contributed by atoms with Gasteiger partial charge in [-0.25, -0.2) is 20.0 Å². The maximum absolute atomic E-state index is 13.8. The Hall–Kier alpha value is -4.00. The predicted molar refractivity (Wildman–Crippen MR) is 124 cm³/mol. The van der Waals surface area contributed by atoms with Gasteiger partial charge >= 0.3 is 0 Å². The molecule has 1 aliphatic rings. The van der Waals surface area contributed by atoms with Crippen molar-refractivity contribution in [2.75, 3.05) is 17.4 Å². The molecule has 0 bridgehead atoms. The number of aromatic nitrogens is 4. The van der Waals surface area contributed by atoms with Gasteiger partial charge in [-0.2, -0.15) is 5.26 Å². The molecule has 0 radical (unpaired) electrons. The van der Waals surface area contributed by atoms with Gasteiger partial charge < -0.3 is 5.73 Å². The molecule has 33 heavy (non-hydrogen) atoms. The number of nitrogen functional groups attached to an aromatic ring is 1. The third-order valence-corrected chi connectivity index (χ3v) is 5.92. The van der Waals surface area contributed by atoms with Crippen molar-refractivity contribution in [3.8, 4) is 11.8 Å². The van der Waals surface area contributed by atoms with Crippen LogP contribution in [0.5, 0.6) is 0 Å². The molecule has 2 N–H and O–H groups in total. The Balaban J connectivity index is 1.80. The summed E-state index contributed by atoms with van der Waals surface area (Å²) in [6, 6.07) is 14.2. The van der Waals surface area contributed by atoms with E-state index in [4.69, 9.17) is 27.2 Å². The summed E-state index contributed by atoms with van der Waals surface area (Å²) in [7, 11) is 0. The second-order valence-corrected chi connectivity index (χ2v) is 7.97. The molecule has 0 aliphatic carbocycles. The SMILES string of the molecule is Cc1ccccc1-n1c([C@@H]2CCON2c2ncnc(N)c2C#N)nc2cccc(Cl)c2c1=O. The molecule has 1 fully saturated rings. The number of aryl methyl sites for hydroxylation is 1. The molecule has 2 aromatic heterocycles. The van der Waals surface area contributed by atoms with E-state index in [1.165, 1.54) is 11.4 Å². The smallest absolute Gasteiger partial charge is 0.267 e. The largest absolute Gasteiger partial charge is 0.382 e. The highest BCUT2D eigenvalue weighted by Crippen LogP contribution is 2.37. The molecule has 4 aromatic rings. The number of halogens is 1. The summed E-state index contributed by atoms with van der Waals surface area (Å²) in [5, 5.41) is 11.8. The number of nitriles is 1. The van der Waals surface area contributed by atoms with E-state index in [0.29, 0.717) is 40.5 Å². The first kappa shape index (κ1) is 20.9. The van der Waals surface area contributed by atoms with Gasteiger partial charge in [0.1, 0.15) is 35.6 Å². The number of nitrogens with two attached hydrogens (primary N) is 1. The first-order valence-electron chi connectivity index (χ1n) is 10.2. The van der Waals surface area contributed by atoms with Crippen LogP contribution in [0.1, 0.15) is 29.4 Å². The normalized spacial score (nSPS) is 15.7. The lowest BCUT2D eigenvalue weighted by Gasteiger charge is -2.26. The first-order valence-corrected chi connectivity index (χ1v) is 10.6. The van der Waals surface area contributed by atoms with Gasteiger partial charge in [0.05, 0.1) is 28.2 Å². The minimum absolute atomic E-state index is 0.0475. The standard InChI is InChI=1S/C23H18ClN7O2/c1-13-5-2-3-8-17(13)30-22(29-16-7-4-6-15(24)19(16)23(30)32)18-9-10-33-31(18)21-14(11-25)20(26)27-12-28-21/h2-8,12,18H,9-10H2,1H3,(H2,26,27,28)/t18-/m0/s1. The van der Waals surface area contributed by atoms with Gasteiger partial charge in [0.2, 0.25) is 0 Å². The number of hydrogen-bond donors (Lipinski definition) is 1. The number of fused-ring (bicyclic) bond motifs is 1. The van der Waals surface area contributed by atoms with Crippen LogP contribution >= 0.6 is 11.6 Å². The second kappa shape index (κ2) is 8.16. The van der Waals surface area contributed by atoms with E-state index in [-0.39, 0.29) is 22.8 Å². The lowest BCUT2D eigenvalue weighted by molar-refractivity contribution is 0.155. The van der Waals surface area contributed by atoms with Gasteiger partial charge in [-0.05, 0) is 30.7 Å². The Bertz CT molecular complexity index is 1490. The van der Waals surface area contributed by atoms with Crippen LogP contribution in [0.15, 0.2) is 53.6 Å². The van der Waals surface area contributed by atoms with Crippen molar-refractivity contribution in [2.45, 2.75) is 19.4 Å². The van der Waals surface area contributed by atoms with Crippen molar-refractivity contribution in [1.82, 2.24) is 19.5 Å². The number of nitrogens with zero attached hydrogens (tertiary/aromatic N) is 6. The minimum Gasteiger partial charge on any atom is -0.382 e. The van der Waals surface area contributed by atoms with Gasteiger partial charge in [0.25, 0.3) is 5.56 Å². The van der Waals surface area contributed by atoms with Crippen LogP contribution in [0.3, 0.4) is 0 Å². The summed E-state index contributed by atoms with van der Waals surface area (Å²) in [6.45, 7) is 2.26. The Morgan fingerprint density at radius 1 is 1.21 bits per heavy atom. The number of anilines is 2. The van der Waals surface area contributed by atoms with Gasteiger partial charge in [-0.3, -0.25) is 14.2 Å². The van der Waals surface area contributed by atoms with Gasteiger partial charge in [0, 0.05) is 6.42 Å². The molecule has 0 unspecified atom stereocenters. The van der Waals surface area contributed by atoms with Crippen LogP contribution in [0.2, 0.25) is 5.02 Å². The molecule has 0 saturated carbocycles. The van der Waals surface area contributed by atoms with Crippen LogP contribution in [-0.4, -0.2) is 26.1 Å². The van der Waals surface area contributed by atoms with Crippen molar-refractivity contribution < 1.29 is 4.84 Å². The molecule has 0 spiro atoms. The van der Waals surface area contributed by atoms with E-state index in [9.17, 15) is 10.1 Å². The van der Waals surface area contributed by atoms with Crippen LogP contribution in [0.25, 0.3) is 16.6 Å². The molecule has 1 aliphatic heterocycles. The number of hydrogen-bond acceptors (Lipinski definition) is 8. The molecular weight excluding hydrogens is 442 g/mol. The average Bonchev–Trinajstić information content (AvgIpc) is 3.29. The van der Waals surface area contributed by atoms with Crippen LogP contribution < -0.4 is 16.4 Å². The Kier molecular flexibility index (Phi) is 5.17. The molecule has 164 valence electrons. The van der Waals surface area contributed by atoms with Crippen LogP contribution in [-0.2, 0) is 4.84 Å². The van der Waals surface area contributed by atoms with E-state index in [0.717, 1.165) is 5.56 Å². The fraction of sp³-hybridized carbons (Fsp3) is 0.174. The van der Waals surface area contributed by atoms with Crippen molar-refractivity contribution >= 4 is 34.1 Å². The lowest BCUT2D eigenvalue weighted by Crippen LogP contribution is -2.32. The van der Waals surface area contributed by atoms with E-state index in [2.05, 4.69) is 9.97 Å². The monoisotopic (exact) mass is 459 g/mol. The van der Waals surface area contributed by atoms with Crippen molar-refractivity contribution in [1.29, 1.82) is 5.26 Å². The van der Waals surface area contributed by atoms with E-state index in [1.54, 1.807) is 22.8 Å². The average molecular weight is 460 g/mol. The van der Waals surface area contributed by atoms with Gasteiger partial charge in [0.15, 0.2) is 5.82 Å². The van der Waals surface area contributed by atoms with Crippen LogP contribution in [0.4, 0.5) is 11.6 Å². The molecule has 1 atom stereocenters. The maximum Gasteiger partial charge on any atom is 0.267 e. The third-order valence-electron chi connectivity index (χ3n) is 5.61. The highest BCUT2D eigenvalue weighted by molar-refractivity contribution is 6.35. The van der Waals surface area contributed by atoms with E-state index >= 15 is 0 Å². The number of benzene rings is 2. The predicted octanol–water partition coefficient (Wildman–Crippen LogP) is 3.47. The van der Waals surface area contributed by atoms with Crippen LogP contribution in [0, 0.1) is 18.3 Å². The Labute approximate surface area is 193 Å². The fourth-order valence-corrected chi connectivity index (χ4v) is 4.30. The molecular formula is C23H18ClN7O2. The number of rotatable bonds is 3. The Morgan fingerprint density at radius 2 is 2.03 bits per heavy atom. The molecule has 3 heterocycles. The first-order chi connectivity index (χ1) is 16.0. The lowest BCUT2D eigenvalue weighted by atomic mass is 10.1. The third kappa shape index (κ3) is 3.36. The molecule has 10 heteroatoms. The van der Waals surface area contributed by atoms with Gasteiger partial charge in [-0.1, -0.05) is 35.9 Å².